The van der Waals surface area contributed by atoms with Crippen LogP contribution >= 0.6 is 35.0 Å². The molecule has 0 bridgehead atoms. The molecule has 2 aliphatic heterocycles. The highest BCUT2D eigenvalue weighted by Crippen LogP contribution is 2.26. The Labute approximate surface area is 185 Å². The predicted molar refractivity (Wildman–Crippen MR) is 116 cm³/mol. The molecular weight excluding hydrogens is 435 g/mol. The van der Waals surface area contributed by atoms with Crippen molar-refractivity contribution in [2.75, 3.05) is 38.3 Å². The number of rotatable bonds is 7. The Morgan fingerprint density at radius 2 is 1.93 bits per heavy atom. The van der Waals surface area contributed by atoms with E-state index >= 15 is 0 Å². The molecule has 2 amide bonds. The molecular formula is C20H26Cl2N2O4S. The van der Waals surface area contributed by atoms with Crippen LogP contribution < -0.4 is 5.32 Å². The number of thioether (sulfide) groups is 1. The number of amides is 2. The second-order valence-electron chi connectivity index (χ2n) is 7.20. The highest BCUT2D eigenvalue weighted by atomic mass is 35.5. The van der Waals surface area contributed by atoms with Crippen LogP contribution in [0.5, 0.6) is 0 Å². The maximum atomic E-state index is 13.1. The average Bonchev–Trinajstić information content (AvgIpc) is 3.25. The number of benzene rings is 1. The summed E-state index contributed by atoms with van der Waals surface area (Å²) in [4.78, 5) is 27.7. The summed E-state index contributed by atoms with van der Waals surface area (Å²) in [5, 5.41) is 3.60. The molecule has 2 fully saturated rings. The summed E-state index contributed by atoms with van der Waals surface area (Å²) in [6, 6.07) is 4.12. The van der Waals surface area contributed by atoms with Crippen molar-refractivity contribution >= 4 is 46.8 Å². The Hall–Kier alpha value is -0.990. The standard InChI is InChI=1S/C20H26Cl2N2O4S/c1-29-11-6-17(23-18(25)15-3-2-14(21)12-16(15)22)19(26)24-7-4-13(5-8-24)20-27-9-10-28-20/h2-3,12-13,17,20H,4-11H2,1H3,(H,23,25). The molecule has 29 heavy (non-hydrogen) atoms. The molecule has 1 aromatic rings. The van der Waals surface area contributed by atoms with E-state index in [1.54, 1.807) is 23.9 Å². The van der Waals surface area contributed by atoms with Crippen molar-refractivity contribution in [1.82, 2.24) is 10.2 Å². The van der Waals surface area contributed by atoms with E-state index in [4.69, 9.17) is 32.7 Å². The summed E-state index contributed by atoms with van der Waals surface area (Å²) in [6.07, 6.45) is 4.06. The van der Waals surface area contributed by atoms with Crippen molar-refractivity contribution in [2.24, 2.45) is 5.92 Å². The number of piperidine rings is 1. The Morgan fingerprint density at radius 1 is 1.24 bits per heavy atom. The third-order valence-electron chi connectivity index (χ3n) is 5.27. The van der Waals surface area contributed by atoms with Gasteiger partial charge in [-0.2, -0.15) is 11.8 Å². The van der Waals surface area contributed by atoms with Crippen molar-refractivity contribution in [3.8, 4) is 0 Å². The fraction of sp³-hybridized carbons (Fsp3) is 0.600. The number of carbonyl (C=O) groups excluding carboxylic acids is 2. The van der Waals surface area contributed by atoms with E-state index in [0.717, 1.165) is 18.6 Å². The first-order chi connectivity index (χ1) is 14.0. The summed E-state index contributed by atoms with van der Waals surface area (Å²) in [5.74, 6) is 0.664. The molecule has 1 atom stereocenters. The van der Waals surface area contributed by atoms with Crippen LogP contribution in [0.4, 0.5) is 0 Å². The molecule has 1 N–H and O–H groups in total. The number of halogens is 2. The van der Waals surface area contributed by atoms with Crippen molar-refractivity contribution in [1.29, 1.82) is 0 Å². The van der Waals surface area contributed by atoms with Crippen LogP contribution in [0.25, 0.3) is 0 Å². The first kappa shape index (κ1) is 22.7. The lowest BCUT2D eigenvalue weighted by atomic mass is 9.95. The van der Waals surface area contributed by atoms with Crippen LogP contribution in [0.15, 0.2) is 18.2 Å². The zero-order chi connectivity index (χ0) is 20.8. The van der Waals surface area contributed by atoms with E-state index in [9.17, 15) is 9.59 Å². The fourth-order valence-corrected chi connectivity index (χ4v) is 4.63. The van der Waals surface area contributed by atoms with Gasteiger partial charge in [0, 0.05) is 24.0 Å². The van der Waals surface area contributed by atoms with Crippen molar-refractivity contribution in [3.63, 3.8) is 0 Å². The Morgan fingerprint density at radius 3 is 2.55 bits per heavy atom. The molecule has 2 heterocycles. The van der Waals surface area contributed by atoms with Crippen LogP contribution in [-0.2, 0) is 14.3 Å². The minimum Gasteiger partial charge on any atom is -0.350 e. The molecule has 0 aliphatic carbocycles. The maximum Gasteiger partial charge on any atom is 0.253 e. The molecule has 9 heteroatoms. The molecule has 0 aromatic heterocycles. The van der Waals surface area contributed by atoms with Gasteiger partial charge < -0.3 is 19.7 Å². The summed E-state index contributed by atoms with van der Waals surface area (Å²) in [7, 11) is 0. The lowest BCUT2D eigenvalue weighted by molar-refractivity contribution is -0.138. The van der Waals surface area contributed by atoms with E-state index in [-0.39, 0.29) is 23.1 Å². The maximum absolute atomic E-state index is 13.1. The normalized spacial score (nSPS) is 19.3. The first-order valence-electron chi connectivity index (χ1n) is 9.76. The topological polar surface area (TPSA) is 67.9 Å². The molecule has 1 aromatic carbocycles. The van der Waals surface area contributed by atoms with Crippen molar-refractivity contribution < 1.29 is 19.1 Å². The molecule has 6 nitrogen and oxygen atoms in total. The third-order valence-corrected chi connectivity index (χ3v) is 6.47. The predicted octanol–water partition coefficient (Wildman–Crippen LogP) is 3.46. The summed E-state index contributed by atoms with van der Waals surface area (Å²) in [5.41, 5.74) is 0.312. The van der Waals surface area contributed by atoms with E-state index in [1.165, 1.54) is 6.07 Å². The van der Waals surface area contributed by atoms with E-state index in [0.29, 0.717) is 49.2 Å². The van der Waals surface area contributed by atoms with Gasteiger partial charge in [0.25, 0.3) is 5.91 Å². The Balaban J connectivity index is 1.61. The molecule has 160 valence electrons. The van der Waals surface area contributed by atoms with Crippen LogP contribution in [0.3, 0.4) is 0 Å². The van der Waals surface area contributed by atoms with Crippen LogP contribution in [-0.4, -0.2) is 67.4 Å². The van der Waals surface area contributed by atoms with Crippen LogP contribution in [0.2, 0.25) is 10.0 Å². The molecule has 3 rings (SSSR count). The number of hydrogen-bond acceptors (Lipinski definition) is 5. The zero-order valence-electron chi connectivity index (χ0n) is 16.4. The molecule has 1 unspecified atom stereocenters. The van der Waals surface area contributed by atoms with Gasteiger partial charge in [0.1, 0.15) is 6.04 Å². The minimum atomic E-state index is -0.586. The number of likely N-dealkylation sites (tertiary alicyclic amines) is 1. The quantitative estimate of drug-likeness (QED) is 0.674. The minimum absolute atomic E-state index is 0.0517. The number of nitrogens with one attached hydrogen (secondary N) is 1. The number of ether oxygens (including phenoxy) is 2. The fourth-order valence-electron chi connectivity index (χ4n) is 3.66. The van der Waals surface area contributed by atoms with Gasteiger partial charge in [0.15, 0.2) is 6.29 Å². The van der Waals surface area contributed by atoms with Crippen molar-refractivity contribution in [2.45, 2.75) is 31.6 Å². The van der Waals surface area contributed by atoms with Gasteiger partial charge in [0.05, 0.1) is 23.8 Å². The SMILES string of the molecule is CSCCC(NC(=O)c1ccc(Cl)cc1Cl)C(=O)N1CCC(C2OCCO2)CC1. The highest BCUT2D eigenvalue weighted by Gasteiger charge is 2.34. The van der Waals surface area contributed by atoms with Gasteiger partial charge in [-0.25, -0.2) is 0 Å². The monoisotopic (exact) mass is 460 g/mol. The molecule has 0 radical (unpaired) electrons. The average molecular weight is 461 g/mol. The number of hydrogen-bond donors (Lipinski definition) is 1. The van der Waals surface area contributed by atoms with Crippen LogP contribution in [0, 0.1) is 5.92 Å². The molecule has 2 saturated heterocycles. The van der Waals surface area contributed by atoms with Gasteiger partial charge in [-0.05, 0) is 49.5 Å². The molecule has 0 spiro atoms. The van der Waals surface area contributed by atoms with Gasteiger partial charge in [-0.1, -0.05) is 23.2 Å². The first-order valence-corrected chi connectivity index (χ1v) is 11.9. The van der Waals surface area contributed by atoms with Gasteiger partial charge >= 0.3 is 0 Å². The number of carbonyl (C=O) groups is 2. The van der Waals surface area contributed by atoms with Gasteiger partial charge in [-0.3, -0.25) is 9.59 Å². The Bertz CT molecular complexity index is 722. The second kappa shape index (κ2) is 10.9. The largest absolute Gasteiger partial charge is 0.350 e. The molecule has 2 aliphatic rings. The summed E-state index contributed by atoms with van der Waals surface area (Å²) < 4.78 is 11.2. The zero-order valence-corrected chi connectivity index (χ0v) is 18.7. The lowest BCUT2D eigenvalue weighted by Gasteiger charge is -2.35. The molecule has 0 saturated carbocycles. The number of nitrogens with zero attached hydrogens (tertiary/aromatic N) is 1. The second-order valence-corrected chi connectivity index (χ2v) is 9.03. The summed E-state index contributed by atoms with van der Waals surface area (Å²) in [6.45, 7) is 2.56. The summed E-state index contributed by atoms with van der Waals surface area (Å²) >= 11 is 13.7. The third kappa shape index (κ3) is 6.01. The van der Waals surface area contributed by atoms with E-state index in [2.05, 4.69) is 5.32 Å². The van der Waals surface area contributed by atoms with E-state index < -0.39 is 6.04 Å². The van der Waals surface area contributed by atoms with Crippen molar-refractivity contribution in [3.05, 3.63) is 33.8 Å². The van der Waals surface area contributed by atoms with Gasteiger partial charge in [-0.15, -0.1) is 0 Å². The Kier molecular flexibility index (Phi) is 8.50. The van der Waals surface area contributed by atoms with Gasteiger partial charge in [0.2, 0.25) is 5.91 Å². The van der Waals surface area contributed by atoms with E-state index in [1.807, 2.05) is 11.2 Å². The smallest absolute Gasteiger partial charge is 0.253 e. The lowest BCUT2D eigenvalue weighted by Crippen LogP contribution is -2.51. The highest BCUT2D eigenvalue weighted by molar-refractivity contribution is 7.98. The van der Waals surface area contributed by atoms with Crippen LogP contribution in [0.1, 0.15) is 29.6 Å².